The molecule has 3 N–H and O–H groups in total. The van der Waals surface area contributed by atoms with Crippen LogP contribution in [-0.4, -0.2) is 22.9 Å². The quantitative estimate of drug-likeness (QED) is 0.229. The van der Waals surface area contributed by atoms with Crippen molar-refractivity contribution >= 4 is 40.9 Å². The zero-order chi connectivity index (χ0) is 26.4. The average molecular weight is 511 g/mol. The number of anilines is 2. The van der Waals surface area contributed by atoms with E-state index in [2.05, 4.69) is 10.6 Å². The predicted molar refractivity (Wildman–Crippen MR) is 147 cm³/mol. The van der Waals surface area contributed by atoms with E-state index in [0.717, 1.165) is 21.6 Å². The van der Waals surface area contributed by atoms with E-state index in [1.54, 1.807) is 24.3 Å². The van der Waals surface area contributed by atoms with Crippen LogP contribution in [-0.2, 0) is 4.79 Å². The molecule has 1 atom stereocenters. The Morgan fingerprint density at radius 3 is 2.11 bits per heavy atom. The summed E-state index contributed by atoms with van der Waals surface area (Å²) < 4.78 is 0. The molecule has 37 heavy (non-hydrogen) atoms. The van der Waals surface area contributed by atoms with Crippen molar-refractivity contribution in [2.24, 2.45) is 0 Å². The van der Waals surface area contributed by atoms with Gasteiger partial charge in [-0.25, -0.2) is 4.79 Å². The van der Waals surface area contributed by atoms with Crippen LogP contribution in [0.15, 0.2) is 102 Å². The lowest BCUT2D eigenvalue weighted by atomic mass is 10.1. The fourth-order valence-electron chi connectivity index (χ4n) is 3.77. The largest absolute Gasteiger partial charge is 0.478 e. The molecule has 0 aliphatic heterocycles. The molecule has 0 saturated carbocycles. The van der Waals surface area contributed by atoms with Crippen LogP contribution in [0.2, 0.25) is 0 Å². The van der Waals surface area contributed by atoms with Gasteiger partial charge in [-0.2, -0.15) is 0 Å². The van der Waals surface area contributed by atoms with Crippen molar-refractivity contribution < 1.29 is 19.5 Å². The molecule has 0 spiro atoms. The summed E-state index contributed by atoms with van der Waals surface area (Å²) in [6.45, 7) is 3.71. The molecule has 0 radical (unpaired) electrons. The second-order valence-corrected chi connectivity index (χ2v) is 9.70. The van der Waals surface area contributed by atoms with E-state index in [4.69, 9.17) is 0 Å². The van der Waals surface area contributed by atoms with Gasteiger partial charge in [0.05, 0.1) is 5.56 Å². The Kier molecular flexibility index (Phi) is 8.05. The molecule has 0 aliphatic rings. The van der Waals surface area contributed by atoms with Crippen LogP contribution in [0.5, 0.6) is 0 Å². The Labute approximate surface area is 219 Å². The fourth-order valence-corrected chi connectivity index (χ4v) is 4.79. The summed E-state index contributed by atoms with van der Waals surface area (Å²) in [6, 6.07) is 28.8. The minimum absolute atomic E-state index is 0.105. The van der Waals surface area contributed by atoms with Gasteiger partial charge in [0.25, 0.3) is 5.91 Å². The number of carbonyl (C=O) groups is 3. The molecule has 0 saturated heterocycles. The number of thioether (sulfide) groups is 1. The molecule has 0 heterocycles. The maximum absolute atomic E-state index is 13.4. The predicted octanol–water partition coefficient (Wildman–Crippen LogP) is 6.73. The van der Waals surface area contributed by atoms with Crippen LogP contribution in [0.1, 0.15) is 42.7 Å². The summed E-state index contributed by atoms with van der Waals surface area (Å²) >= 11 is 1.37. The van der Waals surface area contributed by atoms with Crippen LogP contribution >= 0.6 is 11.8 Å². The van der Waals surface area contributed by atoms with E-state index in [-0.39, 0.29) is 17.4 Å². The molecule has 0 fully saturated rings. The standard InChI is InChI=1S/C30H26N2O4S/c1-19-8-6-7-11-25(19)28(33)31-23-14-16-24(17-15-23)37-27(21-9-4-3-5-10-21)29(34)32-26-18-22(30(35)36)13-12-20(26)2/h3-18,27H,1-2H3,(H,31,33)(H,32,34)(H,35,36). The van der Waals surface area contributed by atoms with Crippen LogP contribution in [0, 0.1) is 13.8 Å². The molecular weight excluding hydrogens is 484 g/mol. The second kappa shape index (κ2) is 11.6. The molecule has 0 aromatic heterocycles. The van der Waals surface area contributed by atoms with Crippen LogP contribution < -0.4 is 10.6 Å². The van der Waals surface area contributed by atoms with Crippen molar-refractivity contribution in [3.05, 3.63) is 125 Å². The Morgan fingerprint density at radius 2 is 1.43 bits per heavy atom. The Bertz CT molecular complexity index is 1440. The molecule has 4 rings (SSSR count). The number of aromatic carboxylic acids is 1. The number of benzene rings is 4. The van der Waals surface area contributed by atoms with Crippen molar-refractivity contribution in [2.75, 3.05) is 10.6 Å². The van der Waals surface area contributed by atoms with Gasteiger partial charge in [0.1, 0.15) is 5.25 Å². The van der Waals surface area contributed by atoms with Gasteiger partial charge in [-0.3, -0.25) is 9.59 Å². The maximum atomic E-state index is 13.4. The SMILES string of the molecule is Cc1ccc(C(=O)O)cc1NC(=O)C(Sc1ccc(NC(=O)c2ccccc2C)cc1)c1ccccc1. The third-order valence-corrected chi connectivity index (χ3v) is 7.10. The monoisotopic (exact) mass is 510 g/mol. The van der Waals surface area contributed by atoms with Gasteiger partial charge in [0.15, 0.2) is 0 Å². The Hall–Kier alpha value is -4.36. The number of hydrogen-bond acceptors (Lipinski definition) is 4. The van der Waals surface area contributed by atoms with Gasteiger partial charge in [-0.05, 0) is 73.0 Å². The third-order valence-electron chi connectivity index (χ3n) is 5.84. The van der Waals surface area contributed by atoms with E-state index in [1.165, 1.54) is 23.9 Å². The molecular formula is C30H26N2O4S. The van der Waals surface area contributed by atoms with Crippen molar-refractivity contribution in [3.8, 4) is 0 Å². The number of rotatable bonds is 8. The van der Waals surface area contributed by atoms with Crippen molar-refractivity contribution in [3.63, 3.8) is 0 Å². The summed E-state index contributed by atoms with van der Waals surface area (Å²) in [6.07, 6.45) is 0. The number of hydrogen-bond donors (Lipinski definition) is 3. The van der Waals surface area contributed by atoms with Crippen LogP contribution in [0.25, 0.3) is 0 Å². The van der Waals surface area contributed by atoms with E-state index in [9.17, 15) is 19.5 Å². The zero-order valence-electron chi connectivity index (χ0n) is 20.4. The minimum atomic E-state index is -1.06. The molecule has 4 aromatic rings. The van der Waals surface area contributed by atoms with Gasteiger partial charge in [0.2, 0.25) is 5.91 Å². The van der Waals surface area contributed by atoms with Crippen molar-refractivity contribution in [1.29, 1.82) is 0 Å². The number of carboxylic acid groups (broad SMARTS) is 1. The van der Waals surface area contributed by atoms with E-state index >= 15 is 0 Å². The first-order valence-electron chi connectivity index (χ1n) is 11.7. The lowest BCUT2D eigenvalue weighted by molar-refractivity contribution is -0.115. The number of amides is 2. The van der Waals surface area contributed by atoms with Gasteiger partial charge in [-0.1, -0.05) is 54.6 Å². The Balaban J connectivity index is 1.52. The molecule has 0 aliphatic carbocycles. The molecule has 1 unspecified atom stereocenters. The first-order valence-corrected chi connectivity index (χ1v) is 12.5. The van der Waals surface area contributed by atoms with Gasteiger partial charge in [0, 0.05) is 21.8 Å². The third kappa shape index (κ3) is 6.45. The normalized spacial score (nSPS) is 11.4. The molecule has 4 aromatic carbocycles. The number of aryl methyl sites for hydroxylation is 2. The molecule has 186 valence electrons. The van der Waals surface area contributed by atoms with Crippen molar-refractivity contribution in [1.82, 2.24) is 0 Å². The molecule has 6 nitrogen and oxygen atoms in total. The second-order valence-electron chi connectivity index (χ2n) is 8.53. The topological polar surface area (TPSA) is 95.5 Å². The lowest BCUT2D eigenvalue weighted by Crippen LogP contribution is -2.20. The highest BCUT2D eigenvalue weighted by atomic mass is 32.2. The average Bonchev–Trinajstić information content (AvgIpc) is 2.90. The lowest BCUT2D eigenvalue weighted by Gasteiger charge is -2.18. The smallest absolute Gasteiger partial charge is 0.335 e. The molecule has 0 bridgehead atoms. The van der Waals surface area contributed by atoms with Gasteiger partial charge >= 0.3 is 5.97 Å². The fraction of sp³-hybridized carbons (Fsp3) is 0.100. The number of nitrogens with one attached hydrogen (secondary N) is 2. The first kappa shape index (κ1) is 25.7. The first-order chi connectivity index (χ1) is 17.8. The van der Waals surface area contributed by atoms with E-state index in [0.29, 0.717) is 16.9 Å². The Morgan fingerprint density at radius 1 is 0.757 bits per heavy atom. The van der Waals surface area contributed by atoms with Crippen LogP contribution in [0.3, 0.4) is 0 Å². The minimum Gasteiger partial charge on any atom is -0.478 e. The summed E-state index contributed by atoms with van der Waals surface area (Å²) in [5.74, 6) is -1.50. The van der Waals surface area contributed by atoms with E-state index < -0.39 is 11.2 Å². The highest BCUT2D eigenvalue weighted by Gasteiger charge is 2.23. The van der Waals surface area contributed by atoms with Gasteiger partial charge < -0.3 is 15.7 Å². The van der Waals surface area contributed by atoms with Gasteiger partial charge in [-0.15, -0.1) is 11.8 Å². The maximum Gasteiger partial charge on any atom is 0.335 e. The highest BCUT2D eigenvalue weighted by Crippen LogP contribution is 2.37. The summed E-state index contributed by atoms with van der Waals surface area (Å²) in [5.41, 5.74) is 4.31. The molecule has 2 amide bonds. The number of carbonyl (C=O) groups excluding carboxylic acids is 2. The van der Waals surface area contributed by atoms with E-state index in [1.807, 2.05) is 74.5 Å². The van der Waals surface area contributed by atoms with Crippen LogP contribution in [0.4, 0.5) is 11.4 Å². The zero-order valence-corrected chi connectivity index (χ0v) is 21.2. The highest BCUT2D eigenvalue weighted by molar-refractivity contribution is 8.00. The summed E-state index contributed by atoms with van der Waals surface area (Å²) in [7, 11) is 0. The van der Waals surface area contributed by atoms with Crippen molar-refractivity contribution in [2.45, 2.75) is 24.0 Å². The summed E-state index contributed by atoms with van der Waals surface area (Å²) in [5, 5.41) is 14.6. The summed E-state index contributed by atoms with van der Waals surface area (Å²) in [4.78, 5) is 38.3. The number of carboxylic acids is 1. The molecule has 7 heteroatoms.